The number of hydrogen-bond acceptors (Lipinski definition) is 2. The number of anilines is 1. The maximum atomic E-state index is 12.0. The Balaban J connectivity index is 2.19. The van der Waals surface area contributed by atoms with Crippen LogP contribution in [0.5, 0.6) is 0 Å². The van der Waals surface area contributed by atoms with Crippen LogP contribution in [0.2, 0.25) is 0 Å². The molecule has 1 amide bonds. The van der Waals surface area contributed by atoms with Gasteiger partial charge >= 0.3 is 0 Å². The van der Waals surface area contributed by atoms with E-state index < -0.39 is 0 Å². The third kappa shape index (κ3) is 3.40. The van der Waals surface area contributed by atoms with Gasteiger partial charge in [-0.2, -0.15) is 0 Å². The van der Waals surface area contributed by atoms with Gasteiger partial charge in [0, 0.05) is 20.7 Å². The molecule has 1 aromatic heterocycles. The number of amides is 1. The fraction of sp³-hybridized carbons (Fsp3) is 0.0769. The van der Waals surface area contributed by atoms with Crippen LogP contribution in [0.1, 0.15) is 15.9 Å². The summed E-state index contributed by atoms with van der Waals surface area (Å²) in [7, 11) is 0. The van der Waals surface area contributed by atoms with Gasteiger partial charge in [-0.25, -0.2) is 4.98 Å². The minimum atomic E-state index is -0.187. The Labute approximate surface area is 122 Å². The molecule has 1 aromatic carbocycles. The summed E-state index contributed by atoms with van der Waals surface area (Å²) in [6.07, 6.45) is 1.71. The largest absolute Gasteiger partial charge is 0.307 e. The minimum Gasteiger partial charge on any atom is -0.307 e. The maximum Gasteiger partial charge on any atom is 0.256 e. The lowest BCUT2D eigenvalue weighted by Crippen LogP contribution is -2.12. The van der Waals surface area contributed by atoms with Crippen LogP contribution in [0, 0.1) is 6.92 Å². The van der Waals surface area contributed by atoms with Gasteiger partial charge in [0.15, 0.2) is 0 Å². The van der Waals surface area contributed by atoms with Crippen LogP contribution < -0.4 is 5.32 Å². The number of carbonyl (C=O) groups is 1. The molecule has 0 fully saturated rings. The van der Waals surface area contributed by atoms with Gasteiger partial charge < -0.3 is 5.32 Å². The highest BCUT2D eigenvalue weighted by Crippen LogP contribution is 2.20. The highest BCUT2D eigenvalue weighted by atomic mass is 79.9. The quantitative estimate of drug-likeness (QED) is 0.863. The molecule has 1 N–H and O–H groups in total. The monoisotopic (exact) mass is 368 g/mol. The molecule has 0 unspecified atom stereocenters. The number of rotatable bonds is 2. The first-order chi connectivity index (χ1) is 8.54. The van der Waals surface area contributed by atoms with Gasteiger partial charge in [-0.1, -0.05) is 37.9 Å². The Morgan fingerprint density at radius 3 is 2.39 bits per heavy atom. The molecule has 2 aromatic rings. The number of aromatic nitrogens is 1. The van der Waals surface area contributed by atoms with Gasteiger partial charge in [0.2, 0.25) is 0 Å². The number of carbonyl (C=O) groups excluding carboxylic acids is 1. The van der Waals surface area contributed by atoms with Crippen molar-refractivity contribution in [2.75, 3.05) is 5.32 Å². The lowest BCUT2D eigenvalue weighted by atomic mass is 10.2. The van der Waals surface area contributed by atoms with Crippen LogP contribution >= 0.6 is 31.9 Å². The highest BCUT2D eigenvalue weighted by Gasteiger charge is 2.08. The maximum absolute atomic E-state index is 12.0. The standard InChI is InChI=1S/C13H10Br2N2O/c1-8-2-3-12(16-7-8)17-13(18)9-4-10(14)6-11(15)5-9/h2-7H,1H3,(H,16,17,18). The molecule has 0 saturated heterocycles. The van der Waals surface area contributed by atoms with Gasteiger partial charge in [0.1, 0.15) is 5.82 Å². The van der Waals surface area contributed by atoms with E-state index in [-0.39, 0.29) is 5.91 Å². The van der Waals surface area contributed by atoms with E-state index in [0.717, 1.165) is 14.5 Å². The zero-order valence-corrected chi connectivity index (χ0v) is 12.7. The van der Waals surface area contributed by atoms with Crippen molar-refractivity contribution in [2.24, 2.45) is 0 Å². The summed E-state index contributed by atoms with van der Waals surface area (Å²) in [5, 5.41) is 2.75. The number of halogens is 2. The minimum absolute atomic E-state index is 0.187. The molecule has 0 aliphatic rings. The molecular weight excluding hydrogens is 360 g/mol. The van der Waals surface area contributed by atoms with E-state index in [0.29, 0.717) is 11.4 Å². The van der Waals surface area contributed by atoms with E-state index in [1.807, 2.05) is 19.1 Å². The van der Waals surface area contributed by atoms with Crippen LogP contribution in [0.3, 0.4) is 0 Å². The number of nitrogens with zero attached hydrogens (tertiary/aromatic N) is 1. The topological polar surface area (TPSA) is 42.0 Å². The average molecular weight is 370 g/mol. The summed E-state index contributed by atoms with van der Waals surface area (Å²) in [6.45, 7) is 1.95. The fourth-order valence-corrected chi connectivity index (χ4v) is 2.71. The molecule has 0 radical (unpaired) electrons. The first kappa shape index (κ1) is 13.2. The molecule has 92 valence electrons. The predicted molar refractivity (Wildman–Crippen MR) is 78.8 cm³/mol. The first-order valence-corrected chi connectivity index (χ1v) is 6.83. The summed E-state index contributed by atoms with van der Waals surface area (Å²) >= 11 is 6.70. The van der Waals surface area contributed by atoms with Crippen molar-refractivity contribution in [3.05, 3.63) is 56.6 Å². The number of benzene rings is 1. The summed E-state index contributed by atoms with van der Waals surface area (Å²) in [5.41, 5.74) is 1.62. The number of hydrogen-bond donors (Lipinski definition) is 1. The molecule has 0 saturated carbocycles. The second-order valence-corrected chi connectivity index (χ2v) is 5.66. The number of nitrogens with one attached hydrogen (secondary N) is 1. The normalized spacial score (nSPS) is 10.2. The molecule has 0 aliphatic heterocycles. The number of aryl methyl sites for hydroxylation is 1. The van der Waals surface area contributed by atoms with Crippen LogP contribution in [0.15, 0.2) is 45.5 Å². The third-order valence-electron chi connectivity index (χ3n) is 2.28. The first-order valence-electron chi connectivity index (χ1n) is 5.25. The van der Waals surface area contributed by atoms with E-state index in [4.69, 9.17) is 0 Å². The SMILES string of the molecule is Cc1ccc(NC(=O)c2cc(Br)cc(Br)c2)nc1. The molecule has 0 aliphatic carbocycles. The summed E-state index contributed by atoms with van der Waals surface area (Å²) in [6, 6.07) is 9.07. The summed E-state index contributed by atoms with van der Waals surface area (Å²) in [5.74, 6) is 0.357. The molecular formula is C13H10Br2N2O. The Morgan fingerprint density at radius 1 is 1.17 bits per heavy atom. The van der Waals surface area contributed by atoms with E-state index in [9.17, 15) is 4.79 Å². The third-order valence-corrected chi connectivity index (χ3v) is 3.19. The van der Waals surface area contributed by atoms with Crippen LogP contribution in [-0.4, -0.2) is 10.9 Å². The summed E-state index contributed by atoms with van der Waals surface area (Å²) in [4.78, 5) is 16.1. The Hall–Kier alpha value is -1.20. The van der Waals surface area contributed by atoms with Gasteiger partial charge in [0.25, 0.3) is 5.91 Å². The lowest BCUT2D eigenvalue weighted by molar-refractivity contribution is 0.102. The van der Waals surface area contributed by atoms with E-state index >= 15 is 0 Å². The molecule has 18 heavy (non-hydrogen) atoms. The molecule has 3 nitrogen and oxygen atoms in total. The molecule has 1 heterocycles. The van der Waals surface area contributed by atoms with Crippen LogP contribution in [0.4, 0.5) is 5.82 Å². The fourth-order valence-electron chi connectivity index (χ4n) is 1.42. The van der Waals surface area contributed by atoms with Gasteiger partial charge in [-0.05, 0) is 36.8 Å². The van der Waals surface area contributed by atoms with Crippen LogP contribution in [0.25, 0.3) is 0 Å². The van der Waals surface area contributed by atoms with Crippen molar-refractivity contribution in [2.45, 2.75) is 6.92 Å². The molecule has 0 bridgehead atoms. The smallest absolute Gasteiger partial charge is 0.256 e. The molecule has 0 spiro atoms. The zero-order valence-electron chi connectivity index (χ0n) is 9.58. The van der Waals surface area contributed by atoms with E-state index in [1.165, 1.54) is 0 Å². The van der Waals surface area contributed by atoms with Crippen molar-refractivity contribution in [1.29, 1.82) is 0 Å². The van der Waals surface area contributed by atoms with Crippen molar-refractivity contribution < 1.29 is 4.79 Å². The second kappa shape index (κ2) is 5.63. The summed E-state index contributed by atoms with van der Waals surface area (Å²) < 4.78 is 1.69. The van der Waals surface area contributed by atoms with Gasteiger partial charge in [-0.3, -0.25) is 4.79 Å². The van der Waals surface area contributed by atoms with Gasteiger partial charge in [-0.15, -0.1) is 0 Å². The average Bonchev–Trinajstić information content (AvgIpc) is 2.31. The predicted octanol–water partition coefficient (Wildman–Crippen LogP) is 4.17. The lowest BCUT2D eigenvalue weighted by Gasteiger charge is -2.05. The van der Waals surface area contributed by atoms with Crippen molar-refractivity contribution in [1.82, 2.24) is 4.98 Å². The Kier molecular flexibility index (Phi) is 4.14. The number of pyridine rings is 1. The van der Waals surface area contributed by atoms with Crippen LogP contribution in [-0.2, 0) is 0 Å². The molecule has 2 rings (SSSR count). The Bertz CT molecular complexity index is 562. The molecule has 5 heteroatoms. The van der Waals surface area contributed by atoms with E-state index in [2.05, 4.69) is 42.2 Å². The Morgan fingerprint density at radius 2 is 1.83 bits per heavy atom. The zero-order chi connectivity index (χ0) is 13.1. The van der Waals surface area contributed by atoms with Crippen molar-refractivity contribution >= 4 is 43.6 Å². The van der Waals surface area contributed by atoms with E-state index in [1.54, 1.807) is 24.4 Å². The van der Waals surface area contributed by atoms with Crippen molar-refractivity contribution in [3.8, 4) is 0 Å². The molecule has 0 atom stereocenters. The second-order valence-electron chi connectivity index (χ2n) is 3.83. The van der Waals surface area contributed by atoms with Gasteiger partial charge in [0.05, 0.1) is 0 Å². The highest BCUT2D eigenvalue weighted by molar-refractivity contribution is 9.11. The van der Waals surface area contributed by atoms with Crippen molar-refractivity contribution in [3.63, 3.8) is 0 Å².